The van der Waals surface area contributed by atoms with E-state index in [1.807, 2.05) is 12.5 Å². The maximum absolute atomic E-state index is 4.37. The lowest BCUT2D eigenvalue weighted by Crippen LogP contribution is -2.21. The van der Waals surface area contributed by atoms with Gasteiger partial charge in [0.1, 0.15) is 0 Å². The molecule has 2 atom stereocenters. The summed E-state index contributed by atoms with van der Waals surface area (Å²) in [5, 5.41) is 3.77. The minimum absolute atomic E-state index is 0.572. The molecular formula is C15H17N3. The van der Waals surface area contributed by atoms with Crippen molar-refractivity contribution < 1.29 is 0 Å². The molecule has 1 aliphatic carbocycles. The van der Waals surface area contributed by atoms with Crippen LogP contribution < -0.4 is 5.32 Å². The first kappa shape index (κ1) is 10.2. The number of aromatic nitrogens is 2. The number of nitrogens with zero attached hydrogens (tertiary/aromatic N) is 2. The van der Waals surface area contributed by atoms with Gasteiger partial charge < -0.3 is 9.88 Å². The molecule has 0 amide bonds. The summed E-state index contributed by atoms with van der Waals surface area (Å²) >= 11 is 0. The van der Waals surface area contributed by atoms with Crippen LogP contribution in [0.25, 0.3) is 5.69 Å². The van der Waals surface area contributed by atoms with Crippen molar-refractivity contribution in [2.75, 3.05) is 5.32 Å². The maximum Gasteiger partial charge on any atom is 0.0994 e. The van der Waals surface area contributed by atoms with Crippen molar-refractivity contribution in [3.63, 3.8) is 0 Å². The third-order valence-electron chi connectivity index (χ3n) is 4.40. The van der Waals surface area contributed by atoms with Gasteiger partial charge in [-0.05, 0) is 31.4 Å². The highest BCUT2D eigenvalue weighted by Gasteiger charge is 2.34. The van der Waals surface area contributed by atoms with E-state index in [2.05, 4.69) is 40.0 Å². The Hall–Kier alpha value is -1.77. The largest absolute Gasteiger partial charge is 0.380 e. The van der Waals surface area contributed by atoms with Gasteiger partial charge in [0, 0.05) is 23.9 Å². The fraction of sp³-hybridized carbons (Fsp3) is 0.400. The van der Waals surface area contributed by atoms with Crippen molar-refractivity contribution in [2.24, 2.45) is 0 Å². The lowest BCUT2D eigenvalue weighted by Gasteiger charge is -2.19. The predicted octanol–water partition coefficient (Wildman–Crippen LogP) is 3.24. The average molecular weight is 239 g/mol. The molecule has 92 valence electrons. The summed E-state index contributed by atoms with van der Waals surface area (Å²) in [5.74, 6) is 0.610. The lowest BCUT2D eigenvalue weighted by atomic mass is 10.0. The van der Waals surface area contributed by atoms with Crippen molar-refractivity contribution in [3.8, 4) is 5.69 Å². The molecule has 2 heterocycles. The second kappa shape index (κ2) is 3.61. The van der Waals surface area contributed by atoms with Crippen LogP contribution in [-0.2, 0) is 0 Å². The van der Waals surface area contributed by atoms with E-state index in [9.17, 15) is 0 Å². The summed E-state index contributed by atoms with van der Waals surface area (Å²) in [4.78, 5) is 4.37. The lowest BCUT2D eigenvalue weighted by molar-refractivity contribution is 0.632. The third kappa shape index (κ3) is 1.27. The number of fused-ring (bicyclic) bond motifs is 5. The van der Waals surface area contributed by atoms with Crippen LogP contribution in [0.2, 0.25) is 0 Å². The zero-order chi connectivity index (χ0) is 12.1. The highest BCUT2D eigenvalue weighted by Crippen LogP contribution is 2.42. The van der Waals surface area contributed by atoms with Crippen LogP contribution in [0, 0.1) is 6.92 Å². The molecule has 18 heavy (non-hydrogen) atoms. The van der Waals surface area contributed by atoms with Gasteiger partial charge >= 0.3 is 0 Å². The first-order valence-electron chi connectivity index (χ1n) is 6.73. The molecule has 4 rings (SSSR count). The van der Waals surface area contributed by atoms with Gasteiger partial charge in [0.2, 0.25) is 0 Å². The van der Waals surface area contributed by atoms with Gasteiger partial charge in [0.15, 0.2) is 0 Å². The topological polar surface area (TPSA) is 29.9 Å². The fourth-order valence-corrected chi connectivity index (χ4v) is 3.49. The molecule has 2 aliphatic rings. The SMILES string of the molecule is Cc1cccc2c1NC1CCCC1c1cncn1-2. The molecular weight excluding hydrogens is 222 g/mol. The molecule has 0 radical (unpaired) electrons. The number of hydrogen-bond donors (Lipinski definition) is 1. The van der Waals surface area contributed by atoms with Gasteiger partial charge in [-0.25, -0.2) is 4.98 Å². The zero-order valence-corrected chi connectivity index (χ0v) is 10.6. The molecule has 0 spiro atoms. The first-order chi connectivity index (χ1) is 8.84. The molecule has 2 aromatic rings. The van der Waals surface area contributed by atoms with Gasteiger partial charge in [-0.1, -0.05) is 18.6 Å². The normalized spacial score (nSPS) is 24.7. The summed E-state index contributed by atoms with van der Waals surface area (Å²) in [6, 6.07) is 7.06. The minimum atomic E-state index is 0.572. The number of rotatable bonds is 0. The Labute approximate surface area is 107 Å². The summed E-state index contributed by atoms with van der Waals surface area (Å²) in [7, 11) is 0. The average Bonchev–Trinajstić information content (AvgIpc) is 2.98. The highest BCUT2D eigenvalue weighted by atomic mass is 15.1. The molecule has 2 unspecified atom stereocenters. The Morgan fingerprint density at radius 2 is 2.28 bits per heavy atom. The number of benzene rings is 1. The van der Waals surface area contributed by atoms with Crippen LogP contribution in [0.5, 0.6) is 0 Å². The van der Waals surface area contributed by atoms with Gasteiger partial charge in [0.25, 0.3) is 0 Å². The first-order valence-corrected chi connectivity index (χ1v) is 6.73. The summed E-state index contributed by atoms with van der Waals surface area (Å²) in [6.45, 7) is 2.18. The van der Waals surface area contributed by atoms with Crippen molar-refractivity contribution in [3.05, 3.63) is 42.0 Å². The fourth-order valence-electron chi connectivity index (χ4n) is 3.49. The van der Waals surface area contributed by atoms with Crippen LogP contribution in [0.1, 0.15) is 36.4 Å². The molecule has 0 bridgehead atoms. The van der Waals surface area contributed by atoms with Crippen LogP contribution >= 0.6 is 0 Å². The zero-order valence-electron chi connectivity index (χ0n) is 10.6. The number of hydrogen-bond acceptors (Lipinski definition) is 2. The van der Waals surface area contributed by atoms with E-state index in [-0.39, 0.29) is 0 Å². The minimum Gasteiger partial charge on any atom is -0.380 e. The second-order valence-electron chi connectivity index (χ2n) is 5.45. The summed E-state index contributed by atoms with van der Waals surface area (Å²) in [6.07, 6.45) is 7.85. The highest BCUT2D eigenvalue weighted by molar-refractivity contribution is 5.68. The van der Waals surface area contributed by atoms with Crippen LogP contribution in [0.15, 0.2) is 30.7 Å². The van der Waals surface area contributed by atoms with Gasteiger partial charge in [0.05, 0.1) is 17.7 Å². The number of anilines is 1. The molecule has 1 aromatic carbocycles. The molecule has 1 aliphatic heterocycles. The predicted molar refractivity (Wildman–Crippen MR) is 72.3 cm³/mol. The second-order valence-corrected chi connectivity index (χ2v) is 5.45. The third-order valence-corrected chi connectivity index (χ3v) is 4.40. The number of aryl methyl sites for hydroxylation is 1. The van der Waals surface area contributed by atoms with E-state index < -0.39 is 0 Å². The van der Waals surface area contributed by atoms with Crippen LogP contribution in [-0.4, -0.2) is 15.6 Å². The van der Waals surface area contributed by atoms with Crippen molar-refractivity contribution in [1.29, 1.82) is 0 Å². The van der Waals surface area contributed by atoms with Gasteiger partial charge in [-0.3, -0.25) is 0 Å². The Balaban J connectivity index is 1.99. The molecule has 1 saturated carbocycles. The number of nitrogens with one attached hydrogen (secondary N) is 1. The molecule has 1 N–H and O–H groups in total. The van der Waals surface area contributed by atoms with Crippen LogP contribution in [0.3, 0.4) is 0 Å². The quantitative estimate of drug-likeness (QED) is 0.765. The van der Waals surface area contributed by atoms with E-state index in [0.717, 1.165) is 0 Å². The number of para-hydroxylation sites is 1. The summed E-state index contributed by atoms with van der Waals surface area (Å²) < 4.78 is 2.27. The van der Waals surface area contributed by atoms with E-state index in [1.54, 1.807) is 0 Å². The van der Waals surface area contributed by atoms with Crippen molar-refractivity contribution in [1.82, 2.24) is 9.55 Å². The van der Waals surface area contributed by atoms with Crippen LogP contribution in [0.4, 0.5) is 5.69 Å². The molecule has 1 aromatic heterocycles. The monoisotopic (exact) mass is 239 g/mol. The standard InChI is InChI=1S/C15H17N3/c1-10-4-2-7-13-15(10)17-12-6-3-5-11(12)14-8-16-9-18(13)14/h2,4,7-9,11-12,17H,3,5-6H2,1H3. The molecule has 3 heteroatoms. The molecule has 3 nitrogen and oxygen atoms in total. The Morgan fingerprint density at radius 3 is 3.22 bits per heavy atom. The molecule has 1 fully saturated rings. The van der Waals surface area contributed by atoms with E-state index in [0.29, 0.717) is 12.0 Å². The molecule has 0 saturated heterocycles. The van der Waals surface area contributed by atoms with E-state index in [4.69, 9.17) is 0 Å². The summed E-state index contributed by atoms with van der Waals surface area (Å²) in [5.41, 5.74) is 5.22. The smallest absolute Gasteiger partial charge is 0.0994 e. The van der Waals surface area contributed by atoms with Gasteiger partial charge in [-0.15, -0.1) is 0 Å². The van der Waals surface area contributed by atoms with E-state index >= 15 is 0 Å². The Bertz CT molecular complexity index is 600. The number of imidazole rings is 1. The Morgan fingerprint density at radius 1 is 1.33 bits per heavy atom. The van der Waals surface area contributed by atoms with Crippen molar-refractivity contribution >= 4 is 5.69 Å². The van der Waals surface area contributed by atoms with Crippen molar-refractivity contribution in [2.45, 2.75) is 38.1 Å². The Kier molecular flexibility index (Phi) is 2.04. The van der Waals surface area contributed by atoms with E-state index in [1.165, 1.54) is 41.9 Å². The van der Waals surface area contributed by atoms with Gasteiger partial charge in [-0.2, -0.15) is 0 Å². The maximum atomic E-state index is 4.37.